The molecule has 7 nitrogen and oxygen atoms in total. The van der Waals surface area contributed by atoms with Crippen LogP contribution >= 0.6 is 0 Å². The van der Waals surface area contributed by atoms with Gasteiger partial charge in [-0.1, -0.05) is 30.3 Å². The number of carbonyl (C=O) groups is 1. The van der Waals surface area contributed by atoms with E-state index in [4.69, 9.17) is 5.73 Å². The Morgan fingerprint density at radius 3 is 2.38 bits per heavy atom. The first-order chi connectivity index (χ1) is 11.6. The lowest BCUT2D eigenvalue weighted by Gasteiger charge is -2.05. The van der Waals surface area contributed by atoms with Crippen molar-refractivity contribution in [3.8, 4) is 0 Å². The van der Waals surface area contributed by atoms with E-state index >= 15 is 0 Å². The first-order valence-corrected chi connectivity index (χ1v) is 6.92. The molecule has 24 heavy (non-hydrogen) atoms. The SMILES string of the molecule is Nc1nonc1/C(=N/NC(=O)c1ccc(F)cc1)c1ccccc1. The van der Waals surface area contributed by atoms with Gasteiger partial charge in [0.15, 0.2) is 11.5 Å². The van der Waals surface area contributed by atoms with Crippen molar-refractivity contribution in [2.24, 2.45) is 5.10 Å². The van der Waals surface area contributed by atoms with Crippen LogP contribution in [0.1, 0.15) is 21.6 Å². The molecule has 0 atom stereocenters. The van der Waals surface area contributed by atoms with Gasteiger partial charge in [-0.05, 0) is 34.6 Å². The monoisotopic (exact) mass is 325 g/mol. The van der Waals surface area contributed by atoms with E-state index in [9.17, 15) is 9.18 Å². The van der Waals surface area contributed by atoms with E-state index in [-0.39, 0.29) is 17.1 Å². The fourth-order valence-electron chi connectivity index (χ4n) is 1.98. The Kier molecular flexibility index (Phi) is 4.28. The van der Waals surface area contributed by atoms with Crippen LogP contribution in [0.3, 0.4) is 0 Å². The summed E-state index contributed by atoms with van der Waals surface area (Å²) >= 11 is 0. The first-order valence-electron chi connectivity index (χ1n) is 6.92. The van der Waals surface area contributed by atoms with Crippen molar-refractivity contribution in [3.05, 3.63) is 77.2 Å². The van der Waals surface area contributed by atoms with Gasteiger partial charge in [0.25, 0.3) is 5.91 Å². The number of rotatable bonds is 4. The normalized spacial score (nSPS) is 11.3. The van der Waals surface area contributed by atoms with Gasteiger partial charge >= 0.3 is 0 Å². The number of benzene rings is 2. The van der Waals surface area contributed by atoms with E-state index in [1.807, 2.05) is 6.07 Å². The lowest BCUT2D eigenvalue weighted by Crippen LogP contribution is -2.21. The molecule has 1 heterocycles. The number of hydrogen-bond donors (Lipinski definition) is 2. The van der Waals surface area contributed by atoms with Crippen LogP contribution in [0, 0.1) is 5.82 Å². The first kappa shape index (κ1) is 15.3. The second-order valence-corrected chi connectivity index (χ2v) is 4.77. The molecule has 0 saturated heterocycles. The second-order valence-electron chi connectivity index (χ2n) is 4.77. The Labute approximate surface area is 135 Å². The molecular formula is C16H12FN5O2. The Bertz CT molecular complexity index is 875. The molecule has 3 N–H and O–H groups in total. The highest BCUT2D eigenvalue weighted by molar-refractivity contribution is 6.14. The van der Waals surface area contributed by atoms with E-state index in [1.54, 1.807) is 24.3 Å². The molecule has 0 spiro atoms. The number of aromatic nitrogens is 2. The van der Waals surface area contributed by atoms with Crippen LogP contribution in [0.15, 0.2) is 64.3 Å². The number of carbonyl (C=O) groups excluding carboxylic acids is 1. The van der Waals surface area contributed by atoms with Crippen LogP contribution in [0.4, 0.5) is 10.2 Å². The van der Waals surface area contributed by atoms with Gasteiger partial charge in [0.05, 0.1) is 0 Å². The van der Waals surface area contributed by atoms with E-state index < -0.39 is 11.7 Å². The average molecular weight is 325 g/mol. The largest absolute Gasteiger partial charge is 0.379 e. The Morgan fingerprint density at radius 1 is 1.04 bits per heavy atom. The van der Waals surface area contributed by atoms with E-state index in [0.717, 1.165) is 0 Å². The summed E-state index contributed by atoms with van der Waals surface area (Å²) in [6.45, 7) is 0. The highest BCUT2D eigenvalue weighted by Crippen LogP contribution is 2.13. The van der Waals surface area contributed by atoms with Gasteiger partial charge in [0, 0.05) is 11.1 Å². The predicted molar refractivity (Wildman–Crippen MR) is 84.7 cm³/mol. The highest BCUT2D eigenvalue weighted by Gasteiger charge is 2.17. The fraction of sp³-hybridized carbons (Fsp3) is 0. The number of anilines is 1. The summed E-state index contributed by atoms with van der Waals surface area (Å²) in [7, 11) is 0. The van der Waals surface area contributed by atoms with Gasteiger partial charge in [-0.2, -0.15) is 5.10 Å². The van der Waals surface area contributed by atoms with Crippen molar-refractivity contribution in [3.63, 3.8) is 0 Å². The molecular weight excluding hydrogens is 313 g/mol. The minimum atomic E-state index is -0.501. The van der Waals surface area contributed by atoms with Crippen LogP contribution in [-0.2, 0) is 0 Å². The van der Waals surface area contributed by atoms with Gasteiger partial charge in [0.1, 0.15) is 11.5 Å². The molecule has 3 rings (SSSR count). The van der Waals surface area contributed by atoms with Crippen molar-refractivity contribution in [2.75, 3.05) is 5.73 Å². The quantitative estimate of drug-likeness (QED) is 0.563. The van der Waals surface area contributed by atoms with Crippen LogP contribution in [0.25, 0.3) is 0 Å². The highest BCUT2D eigenvalue weighted by atomic mass is 19.1. The molecule has 0 unspecified atom stereocenters. The minimum Gasteiger partial charge on any atom is -0.379 e. The van der Waals surface area contributed by atoms with E-state index in [1.165, 1.54) is 24.3 Å². The lowest BCUT2D eigenvalue weighted by molar-refractivity contribution is 0.0955. The molecule has 120 valence electrons. The Balaban J connectivity index is 1.91. The zero-order chi connectivity index (χ0) is 16.9. The van der Waals surface area contributed by atoms with Crippen LogP contribution in [-0.4, -0.2) is 21.9 Å². The van der Waals surface area contributed by atoms with Gasteiger partial charge in [-0.25, -0.2) is 14.4 Å². The molecule has 3 aromatic rings. The number of nitrogen functional groups attached to an aromatic ring is 1. The topological polar surface area (TPSA) is 106 Å². The Hall–Kier alpha value is -3.55. The third-order valence-corrected chi connectivity index (χ3v) is 3.16. The van der Waals surface area contributed by atoms with Crippen LogP contribution < -0.4 is 11.2 Å². The third-order valence-electron chi connectivity index (χ3n) is 3.16. The smallest absolute Gasteiger partial charge is 0.271 e. The van der Waals surface area contributed by atoms with Gasteiger partial charge in [-0.15, -0.1) is 0 Å². The van der Waals surface area contributed by atoms with Crippen molar-refractivity contribution < 1.29 is 13.8 Å². The summed E-state index contributed by atoms with van der Waals surface area (Å²) in [5, 5.41) is 11.3. The maximum absolute atomic E-state index is 12.9. The number of nitrogens with two attached hydrogens (primary N) is 1. The molecule has 0 aliphatic rings. The maximum atomic E-state index is 12.9. The lowest BCUT2D eigenvalue weighted by atomic mass is 10.1. The molecule has 2 aromatic carbocycles. The van der Waals surface area contributed by atoms with Crippen molar-refractivity contribution >= 4 is 17.4 Å². The van der Waals surface area contributed by atoms with Gasteiger partial charge < -0.3 is 5.73 Å². The number of halogens is 1. The standard InChI is InChI=1S/C16H12FN5O2/c17-12-8-6-11(7-9-12)16(23)20-19-13(10-4-2-1-3-5-10)14-15(18)22-24-21-14/h1-9H,(H2,18,22)(H,20,23)/b19-13+. The van der Waals surface area contributed by atoms with Crippen LogP contribution in [0.2, 0.25) is 0 Å². The maximum Gasteiger partial charge on any atom is 0.271 e. The second kappa shape index (κ2) is 6.69. The molecule has 0 fully saturated rings. The molecule has 1 aromatic heterocycles. The van der Waals surface area contributed by atoms with Gasteiger partial charge in [0.2, 0.25) is 0 Å². The minimum absolute atomic E-state index is 0.0497. The number of amides is 1. The zero-order valence-corrected chi connectivity index (χ0v) is 12.3. The number of hydrogen-bond acceptors (Lipinski definition) is 6. The van der Waals surface area contributed by atoms with E-state index in [0.29, 0.717) is 11.3 Å². The predicted octanol–water partition coefficient (Wildman–Crippen LogP) is 1.97. The Morgan fingerprint density at radius 2 is 1.75 bits per heavy atom. The third kappa shape index (κ3) is 3.27. The summed E-state index contributed by atoms with van der Waals surface area (Å²) in [5.41, 5.74) is 9.54. The number of nitrogens with one attached hydrogen (secondary N) is 1. The summed E-state index contributed by atoms with van der Waals surface area (Å²) in [6.07, 6.45) is 0. The van der Waals surface area contributed by atoms with Crippen molar-refractivity contribution in [1.82, 2.24) is 15.7 Å². The van der Waals surface area contributed by atoms with Crippen molar-refractivity contribution in [2.45, 2.75) is 0 Å². The molecule has 0 saturated carbocycles. The number of hydrazone groups is 1. The summed E-state index contributed by atoms with van der Waals surface area (Å²) < 4.78 is 17.5. The molecule has 0 aliphatic heterocycles. The van der Waals surface area contributed by atoms with Crippen molar-refractivity contribution in [1.29, 1.82) is 0 Å². The molecule has 0 bridgehead atoms. The summed E-state index contributed by atoms with van der Waals surface area (Å²) in [5.74, 6) is -0.881. The summed E-state index contributed by atoms with van der Waals surface area (Å²) in [6, 6.07) is 14.1. The fourth-order valence-corrected chi connectivity index (χ4v) is 1.98. The average Bonchev–Trinajstić information content (AvgIpc) is 3.02. The molecule has 1 amide bonds. The molecule has 8 heteroatoms. The van der Waals surface area contributed by atoms with E-state index in [2.05, 4.69) is 25.5 Å². The van der Waals surface area contributed by atoms with Gasteiger partial charge in [-0.3, -0.25) is 4.79 Å². The molecule has 0 aliphatic carbocycles. The molecule has 0 radical (unpaired) electrons. The summed E-state index contributed by atoms with van der Waals surface area (Å²) in [4.78, 5) is 12.1. The number of nitrogens with zero attached hydrogens (tertiary/aromatic N) is 3. The zero-order valence-electron chi connectivity index (χ0n) is 12.3. The van der Waals surface area contributed by atoms with Crippen LogP contribution in [0.5, 0.6) is 0 Å².